The second kappa shape index (κ2) is 8.64. The smallest absolute Gasteiger partial charge is 0.461 e. The van der Waals surface area contributed by atoms with Crippen molar-refractivity contribution in [1.82, 2.24) is 0 Å². The van der Waals surface area contributed by atoms with E-state index >= 15 is 0 Å². The van der Waals surface area contributed by atoms with Gasteiger partial charge in [0, 0.05) is 5.02 Å². The van der Waals surface area contributed by atoms with Crippen LogP contribution >= 0.6 is 11.6 Å². The molecule has 1 aliphatic heterocycles. The van der Waals surface area contributed by atoms with Crippen molar-refractivity contribution in [3.8, 4) is 5.75 Å². The van der Waals surface area contributed by atoms with E-state index in [0.29, 0.717) is 24.5 Å². The molecule has 2 atom stereocenters. The van der Waals surface area contributed by atoms with Gasteiger partial charge in [-0.15, -0.1) is 0 Å². The van der Waals surface area contributed by atoms with Crippen LogP contribution in [0.5, 0.6) is 5.75 Å². The zero-order valence-electron chi connectivity index (χ0n) is 18.0. The fraction of sp³-hybridized carbons (Fsp3) is 0.700. The average Bonchev–Trinajstić information content (AvgIpc) is 2.76. The predicted molar refractivity (Wildman–Crippen MR) is 117 cm³/mol. The molecule has 158 valence electrons. The maximum atomic E-state index is 12.0. The molecular weight excluding hydrogens is 397 g/mol. The first kappa shape index (κ1) is 23.7. The number of aryl methyl sites for hydroxylation is 1. The van der Waals surface area contributed by atoms with Crippen molar-refractivity contribution in [1.29, 1.82) is 0 Å². The van der Waals surface area contributed by atoms with Gasteiger partial charge in [-0.25, -0.2) is 4.21 Å². The summed E-state index contributed by atoms with van der Waals surface area (Å²) in [4.78, 5) is 0. The molecule has 1 fully saturated rings. The topological polar surface area (TPSA) is 70.8 Å². The van der Waals surface area contributed by atoms with Gasteiger partial charge < -0.3 is 14.0 Å². The maximum absolute atomic E-state index is 12.0. The molecule has 1 aromatic rings. The predicted octanol–water partition coefficient (Wildman–Crippen LogP) is 4.67. The van der Waals surface area contributed by atoms with Crippen LogP contribution in [0.1, 0.15) is 59.9 Å². The lowest BCUT2D eigenvalue weighted by atomic mass is 9.66. The van der Waals surface area contributed by atoms with Crippen LogP contribution < -0.4 is 9.88 Å². The van der Waals surface area contributed by atoms with Crippen LogP contribution in [0.2, 0.25) is 10.8 Å². The zero-order chi connectivity index (χ0) is 21.3. The second-order valence-corrected chi connectivity index (χ2v) is 11.3. The lowest BCUT2D eigenvalue weighted by Gasteiger charge is -2.32. The summed E-state index contributed by atoms with van der Waals surface area (Å²) in [7, 11) is -1.85. The molecule has 5 nitrogen and oxygen atoms in total. The van der Waals surface area contributed by atoms with Crippen molar-refractivity contribution in [2.45, 2.75) is 83.1 Å². The SMILES string of the molecule is Cc1cc(Cl)ccc1OCC[C@H](CC(C)(C)S(N)=O)B1OC(C)(C)C(C)(C)O1. The molecule has 2 rings (SSSR count). The van der Waals surface area contributed by atoms with Gasteiger partial charge in [0.15, 0.2) is 0 Å². The Hall–Kier alpha value is -0.595. The molecule has 0 saturated carbocycles. The van der Waals surface area contributed by atoms with Gasteiger partial charge in [-0.2, -0.15) is 0 Å². The monoisotopic (exact) mass is 429 g/mol. The third kappa shape index (κ3) is 5.51. The summed E-state index contributed by atoms with van der Waals surface area (Å²) in [6.45, 7) is 14.4. The molecule has 1 unspecified atom stereocenters. The Balaban J connectivity index is 2.11. The van der Waals surface area contributed by atoms with E-state index in [-0.39, 0.29) is 5.82 Å². The lowest BCUT2D eigenvalue weighted by Crippen LogP contribution is -2.41. The minimum absolute atomic E-state index is 0.00356. The van der Waals surface area contributed by atoms with E-state index in [2.05, 4.69) is 0 Å². The van der Waals surface area contributed by atoms with E-state index in [4.69, 9.17) is 30.8 Å². The molecule has 2 N–H and O–H groups in total. The van der Waals surface area contributed by atoms with Gasteiger partial charge >= 0.3 is 7.12 Å². The first-order valence-corrected chi connectivity index (χ1v) is 11.3. The second-order valence-electron chi connectivity index (χ2n) is 9.19. The fourth-order valence-electron chi connectivity index (χ4n) is 3.22. The Bertz CT molecular complexity index is 710. The molecule has 8 heteroatoms. The minimum Gasteiger partial charge on any atom is -0.493 e. The van der Waals surface area contributed by atoms with Crippen LogP contribution in [-0.4, -0.2) is 33.9 Å². The Labute approximate surface area is 177 Å². The lowest BCUT2D eigenvalue weighted by molar-refractivity contribution is 0.00578. The molecule has 1 heterocycles. The maximum Gasteiger partial charge on any atom is 0.461 e. The molecular formula is C20H33BClNO4S. The highest BCUT2D eigenvalue weighted by Gasteiger charge is 2.54. The van der Waals surface area contributed by atoms with Gasteiger partial charge in [-0.05, 0) is 90.9 Å². The summed E-state index contributed by atoms with van der Waals surface area (Å²) in [5, 5.41) is 6.41. The number of hydrogen-bond donors (Lipinski definition) is 1. The molecule has 0 amide bonds. The summed E-state index contributed by atoms with van der Waals surface area (Å²) >= 11 is 6.01. The van der Waals surface area contributed by atoms with Crippen molar-refractivity contribution in [2.75, 3.05) is 6.61 Å². The number of rotatable bonds is 8. The number of ether oxygens (including phenoxy) is 1. The molecule has 1 saturated heterocycles. The van der Waals surface area contributed by atoms with Crippen molar-refractivity contribution < 1.29 is 18.3 Å². The van der Waals surface area contributed by atoms with Gasteiger partial charge in [0.25, 0.3) is 0 Å². The average molecular weight is 430 g/mol. The number of hydrogen-bond acceptors (Lipinski definition) is 4. The van der Waals surface area contributed by atoms with E-state index < -0.39 is 34.1 Å². The first-order chi connectivity index (χ1) is 12.7. The summed E-state index contributed by atoms with van der Waals surface area (Å²) < 4.78 is 30.0. The summed E-state index contributed by atoms with van der Waals surface area (Å²) in [6.07, 6.45) is 1.30. The molecule has 1 aliphatic rings. The van der Waals surface area contributed by atoms with E-state index in [9.17, 15) is 4.21 Å². The minimum atomic E-state index is -1.45. The summed E-state index contributed by atoms with van der Waals surface area (Å²) in [5.74, 6) is 0.801. The van der Waals surface area contributed by atoms with Gasteiger partial charge in [0.05, 0.1) is 33.5 Å². The molecule has 0 spiro atoms. The molecule has 28 heavy (non-hydrogen) atoms. The van der Waals surface area contributed by atoms with Gasteiger partial charge in [-0.1, -0.05) is 11.6 Å². The number of halogens is 1. The van der Waals surface area contributed by atoms with Crippen LogP contribution in [0.25, 0.3) is 0 Å². The number of nitrogens with two attached hydrogens (primary N) is 1. The van der Waals surface area contributed by atoms with E-state index in [1.54, 1.807) is 0 Å². The molecule has 0 aliphatic carbocycles. The highest BCUT2D eigenvalue weighted by molar-refractivity contribution is 7.84. The van der Waals surface area contributed by atoms with Crippen molar-refractivity contribution in [3.05, 3.63) is 28.8 Å². The molecule has 0 radical (unpaired) electrons. The summed E-state index contributed by atoms with van der Waals surface area (Å²) in [5.41, 5.74) is 0.147. The quantitative estimate of drug-likeness (QED) is 0.609. The normalized spacial score (nSPS) is 20.8. The van der Waals surface area contributed by atoms with Crippen molar-refractivity contribution in [3.63, 3.8) is 0 Å². The van der Waals surface area contributed by atoms with E-state index in [0.717, 1.165) is 11.3 Å². The van der Waals surface area contributed by atoms with Gasteiger partial charge in [-0.3, -0.25) is 5.14 Å². The summed E-state index contributed by atoms with van der Waals surface area (Å²) in [6, 6.07) is 5.57. The Morgan fingerprint density at radius 2 is 1.82 bits per heavy atom. The zero-order valence-corrected chi connectivity index (χ0v) is 19.6. The van der Waals surface area contributed by atoms with Crippen LogP contribution in [0.15, 0.2) is 18.2 Å². The van der Waals surface area contributed by atoms with Crippen molar-refractivity contribution >= 4 is 29.7 Å². The van der Waals surface area contributed by atoms with E-state index in [1.807, 2.05) is 66.7 Å². The van der Waals surface area contributed by atoms with Crippen LogP contribution in [-0.2, 0) is 20.3 Å². The van der Waals surface area contributed by atoms with Crippen LogP contribution in [0.3, 0.4) is 0 Å². The Morgan fingerprint density at radius 1 is 1.25 bits per heavy atom. The molecule has 1 aromatic carbocycles. The first-order valence-electron chi connectivity index (χ1n) is 9.66. The van der Waals surface area contributed by atoms with Crippen LogP contribution in [0, 0.1) is 6.92 Å². The largest absolute Gasteiger partial charge is 0.493 e. The Kier molecular flexibility index (Phi) is 7.31. The van der Waals surface area contributed by atoms with E-state index in [1.165, 1.54) is 0 Å². The Morgan fingerprint density at radius 3 is 2.32 bits per heavy atom. The third-order valence-electron chi connectivity index (χ3n) is 5.84. The number of benzene rings is 1. The highest BCUT2D eigenvalue weighted by Crippen LogP contribution is 2.43. The highest BCUT2D eigenvalue weighted by atomic mass is 35.5. The standard InChI is InChI=1S/C20H33BClNO4S/c1-14-12-16(22)8-9-17(14)25-11-10-15(13-18(2,3)28(23)24)21-26-19(4,5)20(6,7)27-21/h8-9,12,15H,10-11,13,23H2,1-7H3/t15-,28?/m1/s1. The fourth-order valence-corrected chi connectivity index (χ4v) is 3.83. The molecule has 0 aromatic heterocycles. The van der Waals surface area contributed by atoms with Crippen LogP contribution in [0.4, 0.5) is 0 Å². The molecule has 0 bridgehead atoms. The van der Waals surface area contributed by atoms with Crippen molar-refractivity contribution in [2.24, 2.45) is 5.14 Å². The third-order valence-corrected chi connectivity index (χ3v) is 7.33. The van der Waals surface area contributed by atoms with Gasteiger partial charge in [0.1, 0.15) is 5.75 Å². The van der Waals surface area contributed by atoms with Gasteiger partial charge in [0.2, 0.25) is 0 Å².